The van der Waals surface area contributed by atoms with Gasteiger partial charge in [0.25, 0.3) is 0 Å². The lowest BCUT2D eigenvalue weighted by Crippen LogP contribution is -2.21. The molecule has 0 unspecified atom stereocenters. The number of aromatic nitrogens is 1. The highest BCUT2D eigenvalue weighted by Crippen LogP contribution is 2.39. The highest BCUT2D eigenvalue weighted by molar-refractivity contribution is 6.31. The molecule has 3 aliphatic heterocycles. The van der Waals surface area contributed by atoms with E-state index in [0.717, 1.165) is 89.2 Å². The highest BCUT2D eigenvalue weighted by atomic mass is 14.8. The van der Waals surface area contributed by atoms with E-state index in [1.807, 2.05) is 0 Å². The second kappa shape index (κ2) is 12.9. The summed E-state index contributed by atoms with van der Waals surface area (Å²) in [4.78, 5) is 14.8. The average Bonchev–Trinajstić information content (AvgIpc) is 3.96. The molecule has 0 radical (unpaired) electrons. The van der Waals surface area contributed by atoms with Crippen molar-refractivity contribution in [1.82, 2.24) is 4.98 Å². The van der Waals surface area contributed by atoms with Crippen LogP contribution in [0.25, 0.3) is 22.3 Å². The van der Waals surface area contributed by atoms with Crippen LogP contribution in [0.1, 0.15) is 50.1 Å². The lowest BCUT2D eigenvalue weighted by molar-refractivity contribution is 1.25. The van der Waals surface area contributed by atoms with Crippen molar-refractivity contribution >= 4 is 33.7 Å². The molecule has 0 fully saturated rings. The average molecular weight is 668 g/mol. The zero-order valence-corrected chi connectivity index (χ0v) is 29.5. The number of nitrogens with one attached hydrogen (secondary N) is 1. The molecule has 248 valence electrons. The molecule has 9 rings (SSSR count). The Morgan fingerprint density at radius 2 is 0.769 bits per heavy atom. The Morgan fingerprint density at radius 1 is 0.365 bits per heavy atom. The van der Waals surface area contributed by atoms with Crippen LogP contribution in [0.5, 0.6) is 0 Å². The summed E-state index contributed by atoms with van der Waals surface area (Å²) >= 11 is 0. The predicted octanol–water partition coefficient (Wildman–Crippen LogP) is 9.59. The summed E-state index contributed by atoms with van der Waals surface area (Å²) in [6, 6.07) is 49.8. The number of H-pyrrole nitrogens is 1. The minimum absolute atomic E-state index is 0.920. The van der Waals surface area contributed by atoms with Crippen molar-refractivity contribution in [3.05, 3.63) is 236 Å². The molecule has 0 aliphatic carbocycles. The Labute approximate surface area is 304 Å². The van der Waals surface area contributed by atoms with Gasteiger partial charge in [0.1, 0.15) is 0 Å². The van der Waals surface area contributed by atoms with Gasteiger partial charge in [0.05, 0.1) is 22.8 Å². The molecule has 3 nitrogen and oxygen atoms in total. The van der Waals surface area contributed by atoms with Gasteiger partial charge >= 0.3 is 0 Å². The van der Waals surface area contributed by atoms with Crippen LogP contribution in [-0.2, 0) is 0 Å². The maximum atomic E-state index is 5.46. The number of rotatable bonds is 4. The van der Waals surface area contributed by atoms with E-state index in [1.165, 1.54) is 16.7 Å². The summed E-state index contributed by atoms with van der Waals surface area (Å²) in [6.07, 6.45) is 8.69. The first kappa shape index (κ1) is 31.4. The third-order valence-corrected chi connectivity index (χ3v) is 10.2. The Bertz CT molecular complexity index is 2510. The Balaban J connectivity index is 1.45. The van der Waals surface area contributed by atoms with E-state index in [0.29, 0.717) is 0 Å². The van der Waals surface area contributed by atoms with Crippen LogP contribution in [0.15, 0.2) is 185 Å². The van der Waals surface area contributed by atoms with Gasteiger partial charge in [0.15, 0.2) is 0 Å². The van der Waals surface area contributed by atoms with E-state index < -0.39 is 0 Å². The van der Waals surface area contributed by atoms with Crippen molar-refractivity contribution in [2.75, 3.05) is 0 Å². The molecular weight excluding hydrogens is 631 g/mol. The second-order valence-electron chi connectivity index (χ2n) is 13.7. The van der Waals surface area contributed by atoms with Gasteiger partial charge in [-0.25, -0.2) is 9.98 Å². The van der Waals surface area contributed by atoms with Gasteiger partial charge in [-0.1, -0.05) is 139 Å². The maximum absolute atomic E-state index is 5.46. The summed E-state index contributed by atoms with van der Waals surface area (Å²) in [5.41, 5.74) is 18.4. The van der Waals surface area contributed by atoms with E-state index in [4.69, 9.17) is 9.98 Å². The molecule has 8 bridgehead atoms. The summed E-state index contributed by atoms with van der Waals surface area (Å²) in [5.74, 6) is 0. The summed E-state index contributed by atoms with van der Waals surface area (Å²) in [5, 5.41) is 2.01. The van der Waals surface area contributed by atoms with Crippen molar-refractivity contribution in [3.63, 3.8) is 0 Å². The fraction of sp³-hybridized carbons (Fsp3) is 0.0612. The van der Waals surface area contributed by atoms with Gasteiger partial charge in [-0.15, -0.1) is 0 Å². The van der Waals surface area contributed by atoms with Gasteiger partial charge in [-0.3, -0.25) is 0 Å². The first-order valence-corrected chi connectivity index (χ1v) is 17.8. The minimum Gasteiger partial charge on any atom is -0.354 e. The highest BCUT2D eigenvalue weighted by Gasteiger charge is 2.24. The molecule has 6 aromatic rings. The van der Waals surface area contributed by atoms with Gasteiger partial charge < -0.3 is 4.98 Å². The van der Waals surface area contributed by atoms with Crippen molar-refractivity contribution in [3.8, 4) is 0 Å². The second-order valence-corrected chi connectivity index (χ2v) is 13.7. The van der Waals surface area contributed by atoms with E-state index in [2.05, 4.69) is 190 Å². The Hall–Kier alpha value is -6.58. The number of hydrogen-bond donors (Lipinski definition) is 1. The first-order chi connectivity index (χ1) is 25.5. The number of fused-ring (bicyclic) bond motifs is 6. The molecular formula is C49H37N3. The third-order valence-electron chi connectivity index (χ3n) is 10.2. The molecule has 0 atom stereocenters. The van der Waals surface area contributed by atoms with E-state index in [9.17, 15) is 0 Å². The molecule has 52 heavy (non-hydrogen) atoms. The quantitative estimate of drug-likeness (QED) is 0.195. The monoisotopic (exact) mass is 667 g/mol. The summed E-state index contributed by atoms with van der Waals surface area (Å²) < 4.78 is 0. The van der Waals surface area contributed by atoms with Crippen LogP contribution in [0.4, 0.5) is 0 Å². The van der Waals surface area contributed by atoms with Crippen molar-refractivity contribution in [1.29, 1.82) is 0 Å². The van der Waals surface area contributed by atoms with Crippen LogP contribution < -0.4 is 10.7 Å². The summed E-state index contributed by atoms with van der Waals surface area (Å²) in [7, 11) is 0. The number of allylic oxidation sites excluding steroid dienone is 4. The number of aryl methyl sites for hydroxylation is 2. The van der Waals surface area contributed by atoms with Crippen molar-refractivity contribution in [2.45, 2.75) is 20.8 Å². The zero-order chi connectivity index (χ0) is 35.2. The van der Waals surface area contributed by atoms with Gasteiger partial charge in [0.2, 0.25) is 0 Å². The lowest BCUT2D eigenvalue weighted by Gasteiger charge is -2.19. The third kappa shape index (κ3) is 5.57. The topological polar surface area (TPSA) is 40.5 Å². The van der Waals surface area contributed by atoms with Crippen LogP contribution in [0.3, 0.4) is 0 Å². The largest absolute Gasteiger partial charge is 0.354 e. The van der Waals surface area contributed by atoms with E-state index in [1.54, 1.807) is 0 Å². The number of benzene rings is 5. The van der Waals surface area contributed by atoms with Gasteiger partial charge in [-0.05, 0) is 96.2 Å². The zero-order valence-electron chi connectivity index (χ0n) is 29.5. The van der Waals surface area contributed by atoms with Crippen molar-refractivity contribution < 1.29 is 0 Å². The molecule has 0 saturated carbocycles. The number of aromatic amines is 1. The van der Waals surface area contributed by atoms with Crippen molar-refractivity contribution in [2.24, 2.45) is 9.98 Å². The van der Waals surface area contributed by atoms with E-state index >= 15 is 0 Å². The number of nitrogens with zero attached hydrogens (tertiary/aromatic N) is 2. The molecule has 0 saturated heterocycles. The summed E-state index contributed by atoms with van der Waals surface area (Å²) in [6.45, 7) is 6.49. The molecule has 0 amide bonds. The fourth-order valence-corrected chi connectivity index (χ4v) is 7.56. The van der Waals surface area contributed by atoms with Crippen LogP contribution in [0.2, 0.25) is 0 Å². The SMILES string of the molecule is Cc1ccc(C2=c3ccc([nH]3)=C(c3ccc(C)cc3)C3=NC(=C(c4ccccc4)c4cccc(c4C)C(c4ccccc4)=C4C=CC2=N4)C=C3)cc1. The molecule has 1 N–H and O–H groups in total. The minimum atomic E-state index is 0.920. The molecule has 0 spiro atoms. The molecule has 5 aromatic carbocycles. The van der Waals surface area contributed by atoms with Gasteiger partial charge in [-0.2, -0.15) is 0 Å². The van der Waals surface area contributed by atoms with Gasteiger partial charge in [0, 0.05) is 33.0 Å². The Morgan fingerprint density at radius 3 is 1.19 bits per heavy atom. The number of aliphatic imine (C=N–C) groups is 2. The maximum Gasteiger partial charge on any atom is 0.0737 e. The first-order valence-electron chi connectivity index (χ1n) is 17.8. The number of hydrogen-bond acceptors (Lipinski definition) is 2. The normalized spacial score (nSPS) is 15.1. The molecule has 3 heteroatoms. The van der Waals surface area contributed by atoms with Crippen LogP contribution in [-0.4, -0.2) is 16.4 Å². The molecule has 3 aliphatic rings. The Kier molecular flexibility index (Phi) is 7.82. The van der Waals surface area contributed by atoms with Crippen LogP contribution in [0, 0.1) is 20.8 Å². The fourth-order valence-electron chi connectivity index (χ4n) is 7.56. The standard InChI is InChI=1S/C49H37N3/c1-31-17-21-36(22-18-31)48-42-27-25-40(50-42)46(34-11-6-4-7-12-34)38-15-10-16-39(33(38)3)47(35-13-8-5-9-14-35)41-26-28-43(51-41)49(45-30-29-44(48)52-45)37-23-19-32(2)20-24-37/h4-30,52H,1-3H3. The smallest absolute Gasteiger partial charge is 0.0737 e. The lowest BCUT2D eigenvalue weighted by atomic mass is 9.86. The van der Waals surface area contributed by atoms with E-state index in [-0.39, 0.29) is 0 Å². The molecule has 4 heterocycles. The molecule has 1 aromatic heterocycles. The predicted molar refractivity (Wildman–Crippen MR) is 217 cm³/mol. The van der Waals surface area contributed by atoms with Crippen LogP contribution >= 0.6 is 0 Å².